The maximum absolute atomic E-state index is 13.3. The third-order valence-electron chi connectivity index (χ3n) is 5.17. The number of carboxylic acids is 1. The van der Waals surface area contributed by atoms with E-state index in [4.69, 9.17) is 18.6 Å². The molecule has 1 heterocycles. The molecule has 178 valence electrons. The van der Waals surface area contributed by atoms with Crippen molar-refractivity contribution in [2.75, 3.05) is 26.6 Å². The number of anilines is 1. The van der Waals surface area contributed by atoms with Crippen molar-refractivity contribution in [3.05, 3.63) is 83.4 Å². The summed E-state index contributed by atoms with van der Waals surface area (Å²) >= 11 is 0. The summed E-state index contributed by atoms with van der Waals surface area (Å²) in [6.45, 7) is 0. The molecule has 0 radical (unpaired) electrons. The first-order valence-electron chi connectivity index (χ1n) is 10.4. The number of hydrogen-bond donors (Lipinski definition) is 1. The first kappa shape index (κ1) is 23.4. The van der Waals surface area contributed by atoms with Gasteiger partial charge in [0, 0.05) is 17.1 Å². The van der Waals surface area contributed by atoms with E-state index < -0.39 is 11.9 Å². The number of benzene rings is 3. The van der Waals surface area contributed by atoms with E-state index in [1.54, 1.807) is 49.6 Å². The number of hydrogen-bond acceptors (Lipinski definition) is 8. The molecule has 0 aliphatic rings. The quantitative estimate of drug-likeness (QED) is 0.437. The number of ether oxygens (including phenoxy) is 3. The van der Waals surface area contributed by atoms with Crippen LogP contribution in [-0.4, -0.2) is 33.2 Å². The monoisotopic (exact) mass is 473 g/mol. The fourth-order valence-electron chi connectivity index (χ4n) is 3.38. The van der Waals surface area contributed by atoms with Crippen LogP contribution in [0.3, 0.4) is 0 Å². The standard InChI is InChI=1S/C26H22N2O7/c1-32-19-9-11-21-16(12-19)13-20(24(29)27-18-8-10-22(33-2)23(14-18)34-3)25(35-21)28-17-6-4-15(5-7-17)26(30)31/h4-14H,1-3H3,(H,27,29)(H,30,31)/p-1. The molecule has 0 spiro atoms. The third kappa shape index (κ3) is 5.09. The zero-order chi connectivity index (χ0) is 24.9. The van der Waals surface area contributed by atoms with Crippen molar-refractivity contribution in [2.45, 2.75) is 0 Å². The number of aromatic carboxylic acids is 1. The third-order valence-corrected chi connectivity index (χ3v) is 5.17. The Morgan fingerprint density at radius 3 is 2.26 bits per heavy atom. The molecule has 0 saturated heterocycles. The molecular weight excluding hydrogens is 452 g/mol. The van der Waals surface area contributed by atoms with Gasteiger partial charge in [-0.3, -0.25) is 4.79 Å². The minimum Gasteiger partial charge on any atom is -0.545 e. The summed E-state index contributed by atoms with van der Waals surface area (Å²) < 4.78 is 21.8. The van der Waals surface area contributed by atoms with Crippen molar-refractivity contribution in [2.24, 2.45) is 4.99 Å². The Balaban J connectivity index is 1.80. The molecule has 0 bridgehead atoms. The van der Waals surface area contributed by atoms with Gasteiger partial charge >= 0.3 is 0 Å². The maximum Gasteiger partial charge on any atom is 0.261 e. The molecule has 0 unspecified atom stereocenters. The van der Waals surface area contributed by atoms with Crippen LogP contribution in [-0.2, 0) is 0 Å². The Labute approximate surface area is 200 Å². The van der Waals surface area contributed by atoms with Gasteiger partial charge in [0.1, 0.15) is 16.9 Å². The van der Waals surface area contributed by atoms with Gasteiger partial charge in [0.25, 0.3) is 5.91 Å². The van der Waals surface area contributed by atoms with E-state index in [2.05, 4.69) is 10.3 Å². The number of nitrogens with one attached hydrogen (secondary N) is 1. The number of carbonyl (C=O) groups is 2. The lowest BCUT2D eigenvalue weighted by molar-refractivity contribution is -0.255. The minimum absolute atomic E-state index is 0.0120. The van der Waals surface area contributed by atoms with Crippen LogP contribution in [0.15, 0.2) is 76.1 Å². The molecule has 1 aromatic heterocycles. The smallest absolute Gasteiger partial charge is 0.261 e. The van der Waals surface area contributed by atoms with Crippen molar-refractivity contribution in [3.63, 3.8) is 0 Å². The average Bonchev–Trinajstić information content (AvgIpc) is 2.88. The highest BCUT2D eigenvalue weighted by Gasteiger charge is 2.15. The molecule has 1 amide bonds. The Bertz CT molecular complexity index is 1470. The lowest BCUT2D eigenvalue weighted by Crippen LogP contribution is -2.22. The lowest BCUT2D eigenvalue weighted by atomic mass is 10.1. The molecular formula is C26H21N2O7-. The molecule has 3 aromatic carbocycles. The molecule has 0 aliphatic heterocycles. The molecule has 0 aliphatic carbocycles. The molecule has 9 heteroatoms. The Morgan fingerprint density at radius 2 is 1.60 bits per heavy atom. The van der Waals surface area contributed by atoms with E-state index in [-0.39, 0.29) is 16.7 Å². The SMILES string of the molecule is COc1ccc2oc(=Nc3ccc(C(=O)[O-])cc3)c(C(=O)Nc3ccc(OC)c(OC)c3)cc2c1. The van der Waals surface area contributed by atoms with Crippen molar-refractivity contribution < 1.29 is 33.3 Å². The number of nitrogens with zero attached hydrogens (tertiary/aromatic N) is 1. The topological polar surface area (TPSA) is 122 Å². The highest BCUT2D eigenvalue weighted by atomic mass is 16.5. The first-order chi connectivity index (χ1) is 16.9. The molecule has 0 atom stereocenters. The van der Waals surface area contributed by atoms with Gasteiger partial charge in [-0.25, -0.2) is 4.99 Å². The molecule has 9 nitrogen and oxygen atoms in total. The highest BCUT2D eigenvalue weighted by Crippen LogP contribution is 2.30. The normalized spacial score (nSPS) is 11.2. The van der Waals surface area contributed by atoms with Crippen LogP contribution in [0.25, 0.3) is 11.0 Å². The van der Waals surface area contributed by atoms with Gasteiger partial charge in [-0.1, -0.05) is 12.1 Å². The minimum atomic E-state index is -1.30. The zero-order valence-corrected chi connectivity index (χ0v) is 19.2. The number of rotatable bonds is 7. The summed E-state index contributed by atoms with van der Waals surface area (Å²) in [7, 11) is 4.57. The van der Waals surface area contributed by atoms with Crippen LogP contribution in [0.1, 0.15) is 20.7 Å². The second-order valence-electron chi connectivity index (χ2n) is 7.34. The predicted molar refractivity (Wildman–Crippen MR) is 126 cm³/mol. The van der Waals surface area contributed by atoms with Crippen LogP contribution in [0.2, 0.25) is 0 Å². The second kappa shape index (κ2) is 10.0. The van der Waals surface area contributed by atoms with Crippen LogP contribution >= 0.6 is 0 Å². The highest BCUT2D eigenvalue weighted by molar-refractivity contribution is 6.05. The zero-order valence-electron chi connectivity index (χ0n) is 19.2. The van der Waals surface area contributed by atoms with Crippen LogP contribution in [0.5, 0.6) is 17.2 Å². The summed E-state index contributed by atoms with van der Waals surface area (Å²) in [5.74, 6) is -0.196. The summed E-state index contributed by atoms with van der Waals surface area (Å²) in [5, 5.41) is 14.5. The van der Waals surface area contributed by atoms with E-state index in [1.807, 2.05) is 0 Å². The lowest BCUT2D eigenvalue weighted by Gasteiger charge is -2.11. The van der Waals surface area contributed by atoms with Crippen molar-refractivity contribution >= 4 is 34.2 Å². The van der Waals surface area contributed by atoms with Gasteiger partial charge in [0.05, 0.1) is 33.0 Å². The van der Waals surface area contributed by atoms with Crippen LogP contribution < -0.4 is 30.2 Å². The molecule has 4 aromatic rings. The predicted octanol–water partition coefficient (Wildman–Crippen LogP) is 3.31. The van der Waals surface area contributed by atoms with Gasteiger partial charge < -0.3 is 33.8 Å². The maximum atomic E-state index is 13.3. The van der Waals surface area contributed by atoms with Crippen molar-refractivity contribution in [1.29, 1.82) is 0 Å². The van der Waals surface area contributed by atoms with E-state index >= 15 is 0 Å². The summed E-state index contributed by atoms with van der Waals surface area (Å²) in [6, 6.07) is 17.5. The van der Waals surface area contributed by atoms with Gasteiger partial charge in [0.2, 0.25) is 5.55 Å². The van der Waals surface area contributed by atoms with E-state index in [1.165, 1.54) is 38.5 Å². The Morgan fingerprint density at radius 1 is 0.857 bits per heavy atom. The fraction of sp³-hybridized carbons (Fsp3) is 0.115. The van der Waals surface area contributed by atoms with E-state index in [0.29, 0.717) is 39.6 Å². The fourth-order valence-corrected chi connectivity index (χ4v) is 3.38. The summed E-state index contributed by atoms with van der Waals surface area (Å²) in [4.78, 5) is 28.8. The largest absolute Gasteiger partial charge is 0.545 e. The number of amides is 1. The van der Waals surface area contributed by atoms with Crippen molar-refractivity contribution in [3.8, 4) is 17.2 Å². The second-order valence-corrected chi connectivity index (χ2v) is 7.34. The number of carbonyl (C=O) groups excluding carboxylic acids is 2. The van der Waals surface area contributed by atoms with Crippen LogP contribution in [0.4, 0.5) is 11.4 Å². The van der Waals surface area contributed by atoms with Gasteiger partial charge in [-0.2, -0.15) is 0 Å². The molecule has 1 N–H and O–H groups in total. The first-order valence-corrected chi connectivity index (χ1v) is 10.4. The van der Waals surface area contributed by atoms with Gasteiger partial charge in [-0.05, 0) is 54.1 Å². The van der Waals surface area contributed by atoms with E-state index in [0.717, 1.165) is 0 Å². The molecule has 0 fully saturated rings. The molecule has 4 rings (SSSR count). The summed E-state index contributed by atoms with van der Waals surface area (Å²) in [6.07, 6.45) is 0. The molecule has 0 saturated carbocycles. The van der Waals surface area contributed by atoms with E-state index in [9.17, 15) is 14.7 Å². The number of carboxylic acid groups (broad SMARTS) is 1. The van der Waals surface area contributed by atoms with Crippen molar-refractivity contribution in [1.82, 2.24) is 0 Å². The van der Waals surface area contributed by atoms with Gasteiger partial charge in [-0.15, -0.1) is 0 Å². The van der Waals surface area contributed by atoms with Crippen LogP contribution in [0, 0.1) is 0 Å². The Hall–Kier alpha value is -4.79. The molecule has 35 heavy (non-hydrogen) atoms. The number of fused-ring (bicyclic) bond motifs is 1. The van der Waals surface area contributed by atoms with Gasteiger partial charge in [0.15, 0.2) is 11.5 Å². The summed E-state index contributed by atoms with van der Waals surface area (Å²) in [5.41, 5.74) is 1.57. The average molecular weight is 473 g/mol. The Kier molecular flexibility index (Phi) is 6.68. The number of methoxy groups -OCH3 is 3.